The van der Waals surface area contributed by atoms with Crippen molar-refractivity contribution in [3.63, 3.8) is 0 Å². The van der Waals surface area contributed by atoms with Crippen LogP contribution in [-0.4, -0.2) is 22.8 Å². The van der Waals surface area contributed by atoms with E-state index in [1.54, 1.807) is 36.4 Å². The summed E-state index contributed by atoms with van der Waals surface area (Å²) in [4.78, 5) is 34.1. The van der Waals surface area contributed by atoms with Crippen LogP contribution >= 0.6 is 0 Å². The van der Waals surface area contributed by atoms with E-state index >= 15 is 0 Å². The molecule has 2 rings (SSSR count). The lowest BCUT2D eigenvalue weighted by atomic mass is 10.1. The number of nitro benzene ring substituents is 1. The zero-order chi connectivity index (χ0) is 17.5. The molecule has 6 nitrogen and oxygen atoms in total. The second-order valence-electron chi connectivity index (χ2n) is 4.99. The van der Waals surface area contributed by atoms with Crippen LogP contribution in [0.25, 0.3) is 6.08 Å². The molecule has 0 saturated heterocycles. The molecule has 0 aliphatic carbocycles. The first-order chi connectivity index (χ1) is 11.5. The van der Waals surface area contributed by atoms with Crippen LogP contribution in [0.4, 0.5) is 5.69 Å². The minimum atomic E-state index is -0.922. The predicted molar refractivity (Wildman–Crippen MR) is 88.5 cm³/mol. The Morgan fingerprint density at radius 1 is 1.12 bits per heavy atom. The molecular weight excluding hydrogens is 310 g/mol. The number of hydrogen-bond donors (Lipinski definition) is 0. The number of nitro groups is 1. The largest absolute Gasteiger partial charge is 0.451 e. The van der Waals surface area contributed by atoms with Gasteiger partial charge in [0.05, 0.1) is 4.92 Å². The van der Waals surface area contributed by atoms with Gasteiger partial charge < -0.3 is 4.74 Å². The van der Waals surface area contributed by atoms with Crippen molar-refractivity contribution in [1.82, 2.24) is 0 Å². The fourth-order valence-corrected chi connectivity index (χ4v) is 2.01. The van der Waals surface area contributed by atoms with Crippen molar-refractivity contribution in [3.8, 4) is 0 Å². The number of Topliss-reactive ketones (excluding diaryl/α,β-unsaturated/α-hetero) is 1. The molecule has 0 aliphatic rings. The summed E-state index contributed by atoms with van der Waals surface area (Å²) in [5, 5.41) is 10.7. The van der Waals surface area contributed by atoms with Crippen molar-refractivity contribution in [2.75, 3.05) is 0 Å². The van der Waals surface area contributed by atoms with E-state index in [1.807, 2.05) is 0 Å². The molecule has 0 bridgehead atoms. The van der Waals surface area contributed by atoms with Crippen LogP contribution in [0.1, 0.15) is 22.8 Å². The van der Waals surface area contributed by atoms with E-state index in [0.29, 0.717) is 11.1 Å². The number of rotatable bonds is 6. The van der Waals surface area contributed by atoms with Gasteiger partial charge in [-0.1, -0.05) is 42.5 Å². The third-order valence-electron chi connectivity index (χ3n) is 3.21. The molecule has 1 atom stereocenters. The fourth-order valence-electron chi connectivity index (χ4n) is 2.01. The van der Waals surface area contributed by atoms with Gasteiger partial charge in [-0.05, 0) is 18.6 Å². The summed E-state index contributed by atoms with van der Waals surface area (Å²) in [5.74, 6) is -0.994. The van der Waals surface area contributed by atoms with Gasteiger partial charge in [0.15, 0.2) is 6.10 Å². The van der Waals surface area contributed by atoms with Crippen molar-refractivity contribution in [1.29, 1.82) is 0 Å². The summed E-state index contributed by atoms with van der Waals surface area (Å²) < 4.78 is 5.06. The number of ketones is 1. The molecule has 0 radical (unpaired) electrons. The molecule has 24 heavy (non-hydrogen) atoms. The van der Waals surface area contributed by atoms with Crippen LogP contribution in [0.5, 0.6) is 0 Å². The second kappa shape index (κ2) is 7.82. The molecule has 122 valence electrons. The maximum atomic E-state index is 12.1. The Balaban J connectivity index is 1.98. The number of non-ortho nitro benzene ring substituents is 1. The molecule has 0 N–H and O–H groups in total. The highest BCUT2D eigenvalue weighted by Crippen LogP contribution is 2.14. The number of ether oxygens (including phenoxy) is 1. The summed E-state index contributed by atoms with van der Waals surface area (Å²) >= 11 is 0. The normalized spacial score (nSPS) is 11.9. The molecule has 0 amide bonds. The first kappa shape index (κ1) is 17.1. The lowest BCUT2D eigenvalue weighted by Gasteiger charge is -2.10. The maximum absolute atomic E-state index is 12.1. The lowest BCUT2D eigenvalue weighted by Crippen LogP contribution is -2.23. The highest BCUT2D eigenvalue weighted by atomic mass is 16.6. The van der Waals surface area contributed by atoms with Crippen LogP contribution in [0, 0.1) is 10.1 Å². The first-order valence-corrected chi connectivity index (χ1v) is 7.20. The Hall–Kier alpha value is -3.28. The van der Waals surface area contributed by atoms with Gasteiger partial charge in [-0.15, -0.1) is 0 Å². The van der Waals surface area contributed by atoms with Crippen molar-refractivity contribution in [2.45, 2.75) is 13.0 Å². The van der Waals surface area contributed by atoms with Crippen molar-refractivity contribution in [3.05, 3.63) is 81.9 Å². The molecule has 0 spiro atoms. The SMILES string of the molecule is C[C@H](OC(=O)/C=C/c1cccc([N+](=O)[O-])c1)C(=O)c1ccccc1. The second-order valence-corrected chi connectivity index (χ2v) is 4.99. The number of esters is 1. The minimum Gasteiger partial charge on any atom is -0.451 e. The summed E-state index contributed by atoms with van der Waals surface area (Å²) in [7, 11) is 0. The predicted octanol–water partition coefficient (Wildman–Crippen LogP) is 3.42. The Bertz CT molecular complexity index is 783. The van der Waals surface area contributed by atoms with E-state index < -0.39 is 17.0 Å². The quantitative estimate of drug-likeness (QED) is 0.267. The molecule has 2 aromatic rings. The minimum absolute atomic E-state index is 0.0712. The van der Waals surface area contributed by atoms with E-state index in [4.69, 9.17) is 4.74 Å². The van der Waals surface area contributed by atoms with Crippen molar-refractivity contribution in [2.24, 2.45) is 0 Å². The van der Waals surface area contributed by atoms with E-state index in [2.05, 4.69) is 0 Å². The topological polar surface area (TPSA) is 86.5 Å². The van der Waals surface area contributed by atoms with E-state index in [9.17, 15) is 19.7 Å². The third kappa shape index (κ3) is 4.61. The maximum Gasteiger partial charge on any atom is 0.331 e. The molecule has 0 aromatic heterocycles. The zero-order valence-corrected chi connectivity index (χ0v) is 12.9. The fraction of sp³-hybridized carbons (Fsp3) is 0.111. The zero-order valence-electron chi connectivity index (χ0n) is 12.9. The van der Waals surface area contributed by atoms with E-state index in [0.717, 1.165) is 6.08 Å². The first-order valence-electron chi connectivity index (χ1n) is 7.20. The van der Waals surface area contributed by atoms with Crippen LogP contribution in [-0.2, 0) is 9.53 Å². The highest BCUT2D eigenvalue weighted by molar-refractivity contribution is 6.01. The Labute approximate surface area is 138 Å². The Kier molecular flexibility index (Phi) is 5.57. The average molecular weight is 325 g/mol. The van der Waals surface area contributed by atoms with Crippen molar-refractivity contribution >= 4 is 23.5 Å². The molecule has 0 saturated carbocycles. The van der Waals surface area contributed by atoms with Gasteiger partial charge in [0.1, 0.15) is 0 Å². The van der Waals surface area contributed by atoms with Gasteiger partial charge in [0.2, 0.25) is 5.78 Å². The van der Waals surface area contributed by atoms with Crippen LogP contribution in [0.15, 0.2) is 60.7 Å². The number of benzene rings is 2. The standard InChI is InChI=1S/C18H15NO5/c1-13(18(21)15-7-3-2-4-8-15)24-17(20)11-10-14-6-5-9-16(12-14)19(22)23/h2-13H,1H3/b11-10+/t13-/m0/s1. The average Bonchev–Trinajstić information content (AvgIpc) is 2.60. The summed E-state index contributed by atoms with van der Waals surface area (Å²) in [6.45, 7) is 1.49. The Morgan fingerprint density at radius 2 is 1.83 bits per heavy atom. The van der Waals surface area contributed by atoms with Crippen LogP contribution in [0.2, 0.25) is 0 Å². The van der Waals surface area contributed by atoms with Gasteiger partial charge in [-0.25, -0.2) is 4.79 Å². The lowest BCUT2D eigenvalue weighted by molar-refractivity contribution is -0.384. The number of carbonyl (C=O) groups excluding carboxylic acids is 2. The van der Waals surface area contributed by atoms with E-state index in [-0.39, 0.29) is 11.5 Å². The molecule has 0 unspecified atom stereocenters. The number of nitrogens with zero attached hydrogens (tertiary/aromatic N) is 1. The monoisotopic (exact) mass is 325 g/mol. The molecule has 0 fully saturated rings. The molecule has 6 heteroatoms. The van der Waals surface area contributed by atoms with Gasteiger partial charge in [0, 0.05) is 23.8 Å². The van der Waals surface area contributed by atoms with Crippen molar-refractivity contribution < 1.29 is 19.2 Å². The van der Waals surface area contributed by atoms with Crippen LogP contribution in [0.3, 0.4) is 0 Å². The molecule has 2 aromatic carbocycles. The van der Waals surface area contributed by atoms with Gasteiger partial charge >= 0.3 is 5.97 Å². The number of carbonyl (C=O) groups is 2. The third-order valence-corrected chi connectivity index (χ3v) is 3.21. The summed E-state index contributed by atoms with van der Waals surface area (Å²) in [6, 6.07) is 14.4. The molecular formula is C18H15NO5. The Morgan fingerprint density at radius 3 is 2.50 bits per heavy atom. The van der Waals surface area contributed by atoms with Crippen LogP contribution < -0.4 is 0 Å². The summed E-state index contributed by atoms with van der Waals surface area (Å²) in [6.07, 6.45) is 1.61. The highest BCUT2D eigenvalue weighted by Gasteiger charge is 2.18. The van der Waals surface area contributed by atoms with Gasteiger partial charge in [-0.2, -0.15) is 0 Å². The van der Waals surface area contributed by atoms with Gasteiger partial charge in [-0.3, -0.25) is 14.9 Å². The number of hydrogen-bond acceptors (Lipinski definition) is 5. The molecule has 0 aliphatic heterocycles. The smallest absolute Gasteiger partial charge is 0.331 e. The summed E-state index contributed by atoms with van der Waals surface area (Å²) in [5.41, 5.74) is 0.877. The van der Waals surface area contributed by atoms with Gasteiger partial charge in [0.25, 0.3) is 5.69 Å². The van der Waals surface area contributed by atoms with E-state index in [1.165, 1.54) is 31.2 Å². The molecule has 0 heterocycles.